The highest BCUT2D eigenvalue weighted by Crippen LogP contribution is 2.30. The topological polar surface area (TPSA) is 54.4 Å². The third-order valence-corrected chi connectivity index (χ3v) is 4.64. The molecule has 0 unspecified atom stereocenters. The van der Waals surface area contributed by atoms with Crippen molar-refractivity contribution in [3.05, 3.63) is 96.1 Å². The Morgan fingerprint density at radius 2 is 1.71 bits per heavy atom. The lowest BCUT2D eigenvalue weighted by atomic mass is 9.88. The number of fused-ring (bicyclic) bond motifs is 1. The summed E-state index contributed by atoms with van der Waals surface area (Å²) in [6, 6.07) is 14.4. The second-order valence-corrected chi connectivity index (χ2v) is 6.91. The number of aryl methyl sites for hydroxylation is 1. The molecule has 0 saturated carbocycles. The van der Waals surface area contributed by atoms with Crippen molar-refractivity contribution in [3.8, 4) is 0 Å². The summed E-state index contributed by atoms with van der Waals surface area (Å²) in [4.78, 5) is -0.0666. The van der Waals surface area contributed by atoms with Crippen LogP contribution in [-0.4, -0.2) is 13.0 Å². The van der Waals surface area contributed by atoms with Gasteiger partial charge in [0.05, 0.1) is 4.90 Å². The van der Waals surface area contributed by atoms with E-state index < -0.39 is 10.1 Å². The monoisotopic (exact) mass is 340 g/mol. The van der Waals surface area contributed by atoms with Crippen molar-refractivity contribution in [3.63, 3.8) is 0 Å². The fraction of sp³-hybridized carbons (Fsp3) is 0.100. The van der Waals surface area contributed by atoms with Crippen LogP contribution in [0.1, 0.15) is 16.7 Å². The molecule has 3 rings (SSSR count). The van der Waals surface area contributed by atoms with Gasteiger partial charge in [0.1, 0.15) is 0 Å². The summed E-state index contributed by atoms with van der Waals surface area (Å²) < 4.78 is 29.6. The average molecular weight is 340 g/mol. The van der Waals surface area contributed by atoms with Gasteiger partial charge in [0, 0.05) is 0 Å². The van der Waals surface area contributed by atoms with Crippen molar-refractivity contribution < 1.29 is 13.0 Å². The minimum absolute atomic E-state index is 0.0666. The first kappa shape index (κ1) is 17.9. The van der Waals surface area contributed by atoms with Gasteiger partial charge in [0.25, 0.3) is 10.1 Å². The first-order valence-electron chi connectivity index (χ1n) is 7.47. The predicted molar refractivity (Wildman–Crippen MR) is 98.5 cm³/mol. The van der Waals surface area contributed by atoms with Crippen molar-refractivity contribution in [2.24, 2.45) is 0 Å². The second kappa shape index (κ2) is 7.43. The molecule has 2 aromatic carbocycles. The lowest BCUT2D eigenvalue weighted by Gasteiger charge is -2.16. The fourth-order valence-corrected chi connectivity index (χ4v) is 2.89. The van der Waals surface area contributed by atoms with Crippen LogP contribution >= 0.6 is 0 Å². The zero-order chi connectivity index (χ0) is 17.7. The van der Waals surface area contributed by atoms with Crippen LogP contribution in [-0.2, 0) is 16.5 Å². The summed E-state index contributed by atoms with van der Waals surface area (Å²) >= 11 is 0. The van der Waals surface area contributed by atoms with Crippen LogP contribution in [0, 0.1) is 6.92 Å². The maximum atomic E-state index is 10.5. The van der Waals surface area contributed by atoms with Crippen LogP contribution in [0.5, 0.6) is 0 Å². The highest BCUT2D eigenvalue weighted by atomic mass is 32.2. The number of hydrogen-bond donors (Lipinski definition) is 1. The van der Waals surface area contributed by atoms with E-state index in [9.17, 15) is 8.42 Å². The van der Waals surface area contributed by atoms with Crippen LogP contribution < -0.4 is 0 Å². The van der Waals surface area contributed by atoms with Crippen molar-refractivity contribution in [1.29, 1.82) is 0 Å². The molecule has 1 aliphatic rings. The molecule has 0 amide bonds. The van der Waals surface area contributed by atoms with E-state index in [2.05, 4.69) is 43.5 Å². The van der Waals surface area contributed by atoms with Crippen molar-refractivity contribution in [2.75, 3.05) is 0 Å². The van der Waals surface area contributed by atoms with Crippen LogP contribution in [0.2, 0.25) is 0 Å². The molecule has 0 heterocycles. The highest BCUT2D eigenvalue weighted by molar-refractivity contribution is 7.85. The highest BCUT2D eigenvalue weighted by Gasteiger charge is 2.11. The van der Waals surface area contributed by atoms with E-state index >= 15 is 0 Å². The van der Waals surface area contributed by atoms with E-state index in [1.165, 1.54) is 28.8 Å². The first-order chi connectivity index (χ1) is 11.3. The molecule has 1 N–H and O–H groups in total. The molecule has 0 spiro atoms. The Bertz CT molecular complexity index is 889. The van der Waals surface area contributed by atoms with Crippen LogP contribution in [0.4, 0.5) is 0 Å². The van der Waals surface area contributed by atoms with Crippen molar-refractivity contribution >= 4 is 15.7 Å². The third kappa shape index (κ3) is 4.31. The van der Waals surface area contributed by atoms with Crippen LogP contribution in [0.3, 0.4) is 0 Å². The second-order valence-electron chi connectivity index (χ2n) is 5.49. The molecule has 1 aliphatic carbocycles. The van der Waals surface area contributed by atoms with Gasteiger partial charge in [0.15, 0.2) is 0 Å². The number of rotatable bonds is 2. The lowest BCUT2D eigenvalue weighted by molar-refractivity contribution is 0.483. The molecule has 0 fully saturated rings. The Morgan fingerprint density at radius 1 is 1.08 bits per heavy atom. The molecule has 2 aromatic rings. The molecule has 4 heteroatoms. The number of hydrogen-bond acceptors (Lipinski definition) is 2. The van der Waals surface area contributed by atoms with Crippen molar-refractivity contribution in [1.82, 2.24) is 0 Å². The zero-order valence-corrected chi connectivity index (χ0v) is 14.4. The normalized spacial score (nSPS) is 13.2. The Hall–Kier alpha value is -2.43. The predicted octanol–water partition coefficient (Wildman–Crippen LogP) is 4.61. The molecule has 0 aliphatic heterocycles. The molecule has 124 valence electrons. The Morgan fingerprint density at radius 3 is 2.29 bits per heavy atom. The lowest BCUT2D eigenvalue weighted by Crippen LogP contribution is -1.99. The number of allylic oxidation sites excluding steroid dienone is 4. The van der Waals surface area contributed by atoms with E-state index in [4.69, 9.17) is 4.55 Å². The van der Waals surface area contributed by atoms with Gasteiger partial charge in [-0.1, -0.05) is 67.3 Å². The summed E-state index contributed by atoms with van der Waals surface area (Å²) in [6.07, 6.45) is 5.05. The van der Waals surface area contributed by atoms with Crippen LogP contribution in [0.15, 0.2) is 84.3 Å². The van der Waals surface area contributed by atoms with Gasteiger partial charge in [-0.05, 0) is 47.8 Å². The van der Waals surface area contributed by atoms with E-state index in [-0.39, 0.29) is 4.90 Å². The van der Waals surface area contributed by atoms with E-state index in [0.717, 1.165) is 17.6 Å². The fourth-order valence-electron chi connectivity index (χ4n) is 2.41. The maximum absolute atomic E-state index is 10.5. The number of benzene rings is 2. The minimum atomic E-state index is -4.02. The standard InChI is InChI=1S/C13H12.C7H8O3S/c1-3-11-8-9-12-6-4-5-7-13(12)10(11)2;1-6-2-4-7(5-3-6)11(8,9)10/h3-8H,1-2,9H2;2-5H,1H3,(H,8,9,10). The van der Waals surface area contributed by atoms with E-state index in [1.807, 2.05) is 13.0 Å². The summed E-state index contributed by atoms with van der Waals surface area (Å²) in [5.74, 6) is 0. The van der Waals surface area contributed by atoms with Gasteiger partial charge in [-0.25, -0.2) is 0 Å². The smallest absolute Gasteiger partial charge is 0.282 e. The maximum Gasteiger partial charge on any atom is 0.294 e. The summed E-state index contributed by atoms with van der Waals surface area (Å²) in [5.41, 5.74) is 5.84. The van der Waals surface area contributed by atoms with Crippen molar-refractivity contribution in [2.45, 2.75) is 18.2 Å². The third-order valence-electron chi connectivity index (χ3n) is 3.77. The van der Waals surface area contributed by atoms with Gasteiger partial charge in [-0.2, -0.15) is 8.42 Å². The quantitative estimate of drug-likeness (QED) is 0.812. The largest absolute Gasteiger partial charge is 0.294 e. The van der Waals surface area contributed by atoms with Gasteiger partial charge >= 0.3 is 0 Å². The molecule has 0 aromatic heterocycles. The van der Waals surface area contributed by atoms with E-state index in [0.29, 0.717) is 0 Å². The minimum Gasteiger partial charge on any atom is -0.282 e. The summed E-state index contributed by atoms with van der Waals surface area (Å²) in [5, 5.41) is 0. The Labute approximate surface area is 143 Å². The van der Waals surface area contributed by atoms with Gasteiger partial charge in [-0.3, -0.25) is 4.55 Å². The molecular weight excluding hydrogens is 320 g/mol. The van der Waals surface area contributed by atoms with Gasteiger partial charge in [0.2, 0.25) is 0 Å². The van der Waals surface area contributed by atoms with Gasteiger partial charge < -0.3 is 0 Å². The summed E-state index contributed by atoms with van der Waals surface area (Å²) in [7, 11) is -4.02. The molecule has 3 nitrogen and oxygen atoms in total. The Balaban J connectivity index is 0.000000177. The summed E-state index contributed by atoms with van der Waals surface area (Å²) in [6.45, 7) is 9.69. The SMILES string of the molecule is C=CC1=CCc2ccccc2C1=C.Cc1ccc(S(=O)(=O)O)cc1. The Kier molecular flexibility index (Phi) is 5.54. The molecule has 0 atom stereocenters. The van der Waals surface area contributed by atoms with Crippen LogP contribution in [0.25, 0.3) is 5.57 Å². The molecular formula is C20H20O3S. The first-order valence-corrected chi connectivity index (χ1v) is 8.91. The average Bonchev–Trinajstić information content (AvgIpc) is 2.56. The molecule has 0 radical (unpaired) electrons. The molecule has 0 saturated heterocycles. The van der Waals surface area contributed by atoms with Gasteiger partial charge in [-0.15, -0.1) is 0 Å². The molecule has 24 heavy (non-hydrogen) atoms. The van der Waals surface area contributed by atoms with E-state index in [1.54, 1.807) is 12.1 Å². The zero-order valence-electron chi connectivity index (χ0n) is 13.6. The molecule has 0 bridgehead atoms.